The number of nitriles is 1. The molecule has 0 heterocycles. The van der Waals surface area contributed by atoms with Crippen molar-refractivity contribution in [2.24, 2.45) is 0 Å². The third kappa shape index (κ3) is 4.14. The molecule has 2 N–H and O–H groups in total. The van der Waals surface area contributed by atoms with Crippen LogP contribution < -0.4 is 5.32 Å². The van der Waals surface area contributed by atoms with Crippen LogP contribution >= 0.6 is 0 Å². The van der Waals surface area contributed by atoms with Gasteiger partial charge in [0, 0.05) is 18.2 Å². The largest absolute Gasteiger partial charge is 0.393 e. The van der Waals surface area contributed by atoms with E-state index in [1.807, 2.05) is 13.0 Å². The van der Waals surface area contributed by atoms with Crippen LogP contribution in [0.5, 0.6) is 0 Å². The highest BCUT2D eigenvalue weighted by molar-refractivity contribution is 5.34. The molecule has 2 unspecified atom stereocenters. The van der Waals surface area contributed by atoms with Crippen LogP contribution in [0.4, 0.5) is 4.39 Å². The fourth-order valence-corrected chi connectivity index (χ4v) is 1.68. The van der Waals surface area contributed by atoms with Crippen molar-refractivity contribution in [3.8, 4) is 6.07 Å². The average Bonchev–Trinajstić information content (AvgIpc) is 2.27. The van der Waals surface area contributed by atoms with Crippen LogP contribution in [0.25, 0.3) is 0 Å². The number of nitrogens with zero attached hydrogens (tertiary/aromatic N) is 1. The van der Waals surface area contributed by atoms with Crippen molar-refractivity contribution < 1.29 is 9.50 Å². The molecule has 0 aliphatic rings. The summed E-state index contributed by atoms with van der Waals surface area (Å²) in [6.45, 7) is 4.00. The minimum atomic E-state index is -0.466. The molecule has 0 amide bonds. The lowest BCUT2D eigenvalue weighted by Crippen LogP contribution is -2.29. The van der Waals surface area contributed by atoms with Gasteiger partial charge in [0.25, 0.3) is 0 Å². The number of aliphatic hydroxyl groups excluding tert-OH is 1. The van der Waals surface area contributed by atoms with Crippen molar-refractivity contribution in [3.63, 3.8) is 0 Å². The fourth-order valence-electron chi connectivity index (χ4n) is 1.68. The second-order valence-electron chi connectivity index (χ2n) is 4.26. The number of benzene rings is 1. The Kier molecular flexibility index (Phi) is 5.08. The lowest BCUT2D eigenvalue weighted by Gasteiger charge is -2.15. The minimum Gasteiger partial charge on any atom is -0.393 e. The number of hydrogen-bond donors (Lipinski definition) is 2. The predicted molar refractivity (Wildman–Crippen MR) is 63.7 cm³/mol. The molecular formula is C13H17FN2O. The van der Waals surface area contributed by atoms with Crippen LogP contribution in [0.1, 0.15) is 31.4 Å². The molecule has 4 heteroatoms. The lowest BCUT2D eigenvalue weighted by molar-refractivity contribution is 0.170. The number of halogens is 1. The Labute approximate surface area is 101 Å². The highest BCUT2D eigenvalue weighted by Crippen LogP contribution is 2.12. The molecule has 0 bridgehead atoms. The molecule has 0 radical (unpaired) electrons. The molecule has 0 saturated heterocycles. The average molecular weight is 236 g/mol. The first kappa shape index (κ1) is 13.6. The van der Waals surface area contributed by atoms with Gasteiger partial charge < -0.3 is 10.4 Å². The van der Waals surface area contributed by atoms with Crippen molar-refractivity contribution in [2.75, 3.05) is 0 Å². The van der Waals surface area contributed by atoms with Gasteiger partial charge in [-0.1, -0.05) is 12.1 Å². The van der Waals surface area contributed by atoms with E-state index >= 15 is 0 Å². The minimum absolute atomic E-state index is 0.0625. The summed E-state index contributed by atoms with van der Waals surface area (Å²) in [5.41, 5.74) is 0.536. The summed E-state index contributed by atoms with van der Waals surface area (Å²) in [5.74, 6) is -0.466. The van der Waals surface area contributed by atoms with Crippen molar-refractivity contribution in [3.05, 3.63) is 35.1 Å². The molecule has 0 spiro atoms. The van der Waals surface area contributed by atoms with Crippen molar-refractivity contribution in [1.29, 1.82) is 5.26 Å². The smallest absolute Gasteiger partial charge is 0.145 e. The molecule has 1 aromatic rings. The van der Waals surface area contributed by atoms with Crippen molar-refractivity contribution >= 4 is 0 Å². The van der Waals surface area contributed by atoms with Crippen LogP contribution in [-0.2, 0) is 6.54 Å². The second-order valence-corrected chi connectivity index (χ2v) is 4.26. The van der Waals surface area contributed by atoms with Gasteiger partial charge in [-0.3, -0.25) is 0 Å². The summed E-state index contributed by atoms with van der Waals surface area (Å²) >= 11 is 0. The van der Waals surface area contributed by atoms with Crippen LogP contribution in [-0.4, -0.2) is 17.3 Å². The number of hydrogen-bond acceptors (Lipinski definition) is 3. The van der Waals surface area contributed by atoms with Gasteiger partial charge in [-0.15, -0.1) is 0 Å². The molecule has 2 atom stereocenters. The summed E-state index contributed by atoms with van der Waals surface area (Å²) in [5, 5.41) is 21.0. The van der Waals surface area contributed by atoms with Crippen LogP contribution in [0, 0.1) is 17.1 Å². The van der Waals surface area contributed by atoms with Gasteiger partial charge in [-0.2, -0.15) is 5.26 Å². The normalized spacial score (nSPS) is 14.1. The second kappa shape index (κ2) is 6.33. The van der Waals surface area contributed by atoms with Crippen LogP contribution in [0.15, 0.2) is 18.2 Å². The Morgan fingerprint density at radius 3 is 2.76 bits per heavy atom. The van der Waals surface area contributed by atoms with E-state index in [2.05, 4.69) is 5.32 Å². The van der Waals surface area contributed by atoms with Gasteiger partial charge in [0.2, 0.25) is 0 Å². The van der Waals surface area contributed by atoms with E-state index in [-0.39, 0.29) is 17.7 Å². The molecule has 92 valence electrons. The van der Waals surface area contributed by atoms with Crippen molar-refractivity contribution in [1.82, 2.24) is 5.32 Å². The van der Waals surface area contributed by atoms with Gasteiger partial charge >= 0.3 is 0 Å². The molecule has 0 aliphatic heterocycles. The molecule has 0 aromatic heterocycles. The topological polar surface area (TPSA) is 56.0 Å². The monoisotopic (exact) mass is 236 g/mol. The maximum Gasteiger partial charge on any atom is 0.145 e. The van der Waals surface area contributed by atoms with E-state index in [9.17, 15) is 9.50 Å². The molecular weight excluding hydrogens is 219 g/mol. The van der Waals surface area contributed by atoms with Gasteiger partial charge in [0.05, 0.1) is 11.7 Å². The van der Waals surface area contributed by atoms with Crippen molar-refractivity contribution in [2.45, 2.75) is 39.0 Å². The summed E-state index contributed by atoms with van der Waals surface area (Å²) in [7, 11) is 0. The Hall–Kier alpha value is -1.44. The molecule has 17 heavy (non-hydrogen) atoms. The SMILES string of the molecule is CC(O)CC(C)NCc1cccc(C#N)c1F. The first-order valence-electron chi connectivity index (χ1n) is 5.63. The molecule has 0 saturated carbocycles. The summed E-state index contributed by atoms with van der Waals surface area (Å²) in [4.78, 5) is 0. The lowest BCUT2D eigenvalue weighted by atomic mass is 10.1. The predicted octanol–water partition coefficient (Wildman–Crippen LogP) is 1.95. The van der Waals surface area contributed by atoms with Gasteiger partial charge in [0.15, 0.2) is 0 Å². The van der Waals surface area contributed by atoms with E-state index in [0.29, 0.717) is 18.5 Å². The Morgan fingerprint density at radius 2 is 2.18 bits per heavy atom. The maximum absolute atomic E-state index is 13.7. The third-order valence-corrected chi connectivity index (χ3v) is 2.53. The first-order valence-corrected chi connectivity index (χ1v) is 5.63. The number of nitrogens with one attached hydrogen (secondary N) is 1. The van der Waals surface area contributed by atoms with E-state index in [4.69, 9.17) is 5.26 Å². The standard InChI is InChI=1S/C13H17FN2O/c1-9(6-10(2)17)16-8-12-5-3-4-11(7-15)13(12)14/h3-5,9-10,16-17H,6,8H2,1-2H3. The zero-order valence-corrected chi connectivity index (χ0v) is 10.1. The fraction of sp³-hybridized carbons (Fsp3) is 0.462. The zero-order chi connectivity index (χ0) is 12.8. The molecule has 0 fully saturated rings. The van der Waals surface area contributed by atoms with Gasteiger partial charge in [0.1, 0.15) is 11.9 Å². The Balaban J connectivity index is 2.61. The van der Waals surface area contributed by atoms with Crippen LogP contribution in [0.2, 0.25) is 0 Å². The molecule has 1 rings (SSSR count). The highest BCUT2D eigenvalue weighted by atomic mass is 19.1. The van der Waals surface area contributed by atoms with E-state index < -0.39 is 5.82 Å². The molecule has 3 nitrogen and oxygen atoms in total. The quantitative estimate of drug-likeness (QED) is 0.821. The third-order valence-electron chi connectivity index (χ3n) is 2.53. The number of rotatable bonds is 5. The van der Waals surface area contributed by atoms with Gasteiger partial charge in [-0.05, 0) is 26.3 Å². The van der Waals surface area contributed by atoms with Crippen LogP contribution in [0.3, 0.4) is 0 Å². The van der Waals surface area contributed by atoms with E-state index in [1.54, 1.807) is 19.1 Å². The first-order chi connectivity index (χ1) is 8.04. The van der Waals surface area contributed by atoms with E-state index in [1.165, 1.54) is 6.07 Å². The van der Waals surface area contributed by atoms with E-state index in [0.717, 1.165) is 0 Å². The highest BCUT2D eigenvalue weighted by Gasteiger charge is 2.09. The summed E-state index contributed by atoms with van der Waals surface area (Å²) < 4.78 is 13.7. The molecule has 0 aliphatic carbocycles. The summed E-state index contributed by atoms with van der Waals surface area (Å²) in [6, 6.07) is 6.68. The summed E-state index contributed by atoms with van der Waals surface area (Å²) in [6.07, 6.45) is 0.229. The number of aliphatic hydroxyl groups is 1. The molecule has 1 aromatic carbocycles. The Morgan fingerprint density at radius 1 is 1.47 bits per heavy atom. The van der Waals surface area contributed by atoms with Gasteiger partial charge in [-0.25, -0.2) is 4.39 Å². The maximum atomic E-state index is 13.7. The Bertz CT molecular complexity index is 412. The zero-order valence-electron chi connectivity index (χ0n) is 10.1.